The summed E-state index contributed by atoms with van der Waals surface area (Å²) in [5.41, 5.74) is 2.10. The average molecular weight is 430 g/mol. The first kappa shape index (κ1) is 22.0. The van der Waals surface area contributed by atoms with Crippen molar-refractivity contribution in [2.45, 2.75) is 38.0 Å². The van der Waals surface area contributed by atoms with Gasteiger partial charge in [0.05, 0.1) is 11.3 Å². The molecule has 0 saturated carbocycles. The fourth-order valence-electron chi connectivity index (χ4n) is 3.55. The maximum Gasteiger partial charge on any atom is 0.243 e. The van der Waals surface area contributed by atoms with Gasteiger partial charge in [0, 0.05) is 37.4 Å². The van der Waals surface area contributed by atoms with Crippen LogP contribution in [0.2, 0.25) is 0 Å². The molecule has 0 bridgehead atoms. The number of benzene rings is 2. The van der Waals surface area contributed by atoms with Gasteiger partial charge in [-0.2, -0.15) is 4.31 Å². The number of nitrogens with zero attached hydrogens (tertiary/aromatic N) is 2. The smallest absolute Gasteiger partial charge is 0.243 e. The van der Waals surface area contributed by atoms with Crippen LogP contribution < -0.4 is 10.2 Å². The van der Waals surface area contributed by atoms with Crippen molar-refractivity contribution in [3.63, 3.8) is 0 Å². The molecule has 1 aliphatic heterocycles. The average Bonchev–Trinajstić information content (AvgIpc) is 3.15. The molecular weight excluding hydrogens is 402 g/mol. The molecule has 1 aliphatic rings. The predicted molar refractivity (Wildman–Crippen MR) is 117 cm³/mol. The fourth-order valence-corrected chi connectivity index (χ4v) is 5.06. The molecule has 3 rings (SSSR count). The number of carbonyl (C=O) groups excluding carboxylic acids is 2. The molecule has 1 fully saturated rings. The number of hydrogen-bond acceptors (Lipinski definition) is 4. The zero-order valence-corrected chi connectivity index (χ0v) is 18.1. The summed E-state index contributed by atoms with van der Waals surface area (Å²) in [7, 11) is -3.59. The Balaban J connectivity index is 1.66. The lowest BCUT2D eigenvalue weighted by Gasteiger charge is -2.19. The number of amides is 2. The molecule has 0 aliphatic carbocycles. The summed E-state index contributed by atoms with van der Waals surface area (Å²) in [5, 5.41) is 2.77. The Kier molecular flexibility index (Phi) is 6.89. The molecule has 0 spiro atoms. The van der Waals surface area contributed by atoms with Gasteiger partial charge in [0.25, 0.3) is 0 Å². The van der Waals surface area contributed by atoms with Crippen molar-refractivity contribution in [3.8, 4) is 0 Å². The van der Waals surface area contributed by atoms with Crippen LogP contribution in [0.15, 0.2) is 53.4 Å². The van der Waals surface area contributed by atoms with E-state index in [0.717, 1.165) is 24.2 Å². The Labute approximate surface area is 177 Å². The summed E-state index contributed by atoms with van der Waals surface area (Å²) in [6, 6.07) is 13.7. The molecule has 160 valence electrons. The molecule has 2 aromatic carbocycles. The molecule has 7 nitrogen and oxygen atoms in total. The van der Waals surface area contributed by atoms with E-state index in [1.54, 1.807) is 30.9 Å². The van der Waals surface area contributed by atoms with Gasteiger partial charge in [-0.25, -0.2) is 8.42 Å². The van der Waals surface area contributed by atoms with Gasteiger partial charge in [-0.05, 0) is 42.3 Å². The Morgan fingerprint density at radius 2 is 1.80 bits per heavy atom. The van der Waals surface area contributed by atoms with Crippen LogP contribution in [0.1, 0.15) is 32.3 Å². The van der Waals surface area contributed by atoms with Crippen molar-refractivity contribution in [2.75, 3.05) is 29.9 Å². The van der Waals surface area contributed by atoms with Crippen molar-refractivity contribution in [3.05, 3.63) is 54.1 Å². The number of hydrogen-bond donors (Lipinski definition) is 1. The second-order valence-corrected chi connectivity index (χ2v) is 9.10. The van der Waals surface area contributed by atoms with Crippen molar-refractivity contribution in [2.24, 2.45) is 0 Å². The van der Waals surface area contributed by atoms with Crippen LogP contribution in [0.25, 0.3) is 0 Å². The van der Waals surface area contributed by atoms with Gasteiger partial charge >= 0.3 is 0 Å². The lowest BCUT2D eigenvalue weighted by Crippen LogP contribution is -2.30. The van der Waals surface area contributed by atoms with Crippen LogP contribution in [0.5, 0.6) is 0 Å². The van der Waals surface area contributed by atoms with Gasteiger partial charge in [0.15, 0.2) is 0 Å². The second-order valence-electron chi connectivity index (χ2n) is 7.16. The van der Waals surface area contributed by atoms with Gasteiger partial charge in [0.2, 0.25) is 21.8 Å². The van der Waals surface area contributed by atoms with E-state index in [4.69, 9.17) is 0 Å². The molecule has 2 aromatic rings. The van der Waals surface area contributed by atoms with Crippen LogP contribution >= 0.6 is 0 Å². The third-order valence-electron chi connectivity index (χ3n) is 5.15. The standard InChI is InChI=1S/C22H27N3O4S/c1-3-24(4-2)30(28,29)20-8-5-7-18(16-20)23-21(26)15-17-10-12-19(13-11-17)25-14-6-9-22(25)27/h5,7-8,10-13,16H,3-4,6,9,14-15H2,1-2H3,(H,23,26). The van der Waals surface area contributed by atoms with E-state index in [1.807, 2.05) is 24.3 Å². The zero-order valence-electron chi connectivity index (χ0n) is 17.3. The molecule has 0 unspecified atom stereocenters. The van der Waals surface area contributed by atoms with Gasteiger partial charge < -0.3 is 10.2 Å². The van der Waals surface area contributed by atoms with Crippen molar-refractivity contribution in [1.29, 1.82) is 0 Å². The van der Waals surface area contributed by atoms with Gasteiger partial charge in [0.1, 0.15) is 0 Å². The van der Waals surface area contributed by atoms with E-state index in [1.165, 1.54) is 16.4 Å². The first-order valence-corrected chi connectivity index (χ1v) is 11.6. The Hall–Kier alpha value is -2.71. The quantitative estimate of drug-likeness (QED) is 0.699. The number of carbonyl (C=O) groups is 2. The summed E-state index contributed by atoms with van der Waals surface area (Å²) in [6.07, 6.45) is 1.60. The number of anilines is 2. The van der Waals surface area contributed by atoms with Gasteiger partial charge in [-0.15, -0.1) is 0 Å². The summed E-state index contributed by atoms with van der Waals surface area (Å²) in [6.45, 7) is 5.07. The van der Waals surface area contributed by atoms with Crippen molar-refractivity contribution in [1.82, 2.24) is 4.31 Å². The highest BCUT2D eigenvalue weighted by Crippen LogP contribution is 2.22. The molecule has 2 amide bonds. The SMILES string of the molecule is CCN(CC)S(=O)(=O)c1cccc(NC(=O)Cc2ccc(N3CCCC3=O)cc2)c1. The minimum Gasteiger partial charge on any atom is -0.326 e. The van der Waals surface area contributed by atoms with Crippen LogP contribution in [0.4, 0.5) is 11.4 Å². The summed E-state index contributed by atoms with van der Waals surface area (Å²) >= 11 is 0. The van der Waals surface area contributed by atoms with E-state index in [9.17, 15) is 18.0 Å². The van der Waals surface area contributed by atoms with Crippen LogP contribution in [0.3, 0.4) is 0 Å². The Bertz CT molecular complexity index is 1010. The van der Waals surface area contributed by atoms with Gasteiger partial charge in [-0.1, -0.05) is 32.0 Å². The highest BCUT2D eigenvalue weighted by molar-refractivity contribution is 7.89. The zero-order chi connectivity index (χ0) is 21.7. The molecule has 0 atom stereocenters. The van der Waals surface area contributed by atoms with E-state index in [0.29, 0.717) is 25.2 Å². The van der Waals surface area contributed by atoms with E-state index in [2.05, 4.69) is 5.32 Å². The monoisotopic (exact) mass is 429 g/mol. The first-order valence-electron chi connectivity index (χ1n) is 10.1. The molecule has 0 radical (unpaired) electrons. The molecule has 8 heteroatoms. The molecule has 0 aromatic heterocycles. The topological polar surface area (TPSA) is 86.8 Å². The third kappa shape index (κ3) is 4.88. The number of nitrogens with one attached hydrogen (secondary N) is 1. The molecule has 30 heavy (non-hydrogen) atoms. The third-order valence-corrected chi connectivity index (χ3v) is 7.19. The molecular formula is C22H27N3O4S. The fraction of sp³-hybridized carbons (Fsp3) is 0.364. The van der Waals surface area contributed by atoms with E-state index in [-0.39, 0.29) is 23.1 Å². The maximum absolute atomic E-state index is 12.7. The predicted octanol–water partition coefficient (Wildman–Crippen LogP) is 3.03. The van der Waals surface area contributed by atoms with Crippen LogP contribution in [-0.4, -0.2) is 44.2 Å². The Morgan fingerprint density at radius 1 is 1.10 bits per heavy atom. The van der Waals surface area contributed by atoms with Crippen LogP contribution in [0, 0.1) is 0 Å². The molecule has 1 N–H and O–H groups in total. The largest absolute Gasteiger partial charge is 0.326 e. The Morgan fingerprint density at radius 3 is 2.40 bits per heavy atom. The van der Waals surface area contributed by atoms with Crippen LogP contribution in [-0.2, 0) is 26.0 Å². The van der Waals surface area contributed by atoms with Crippen molar-refractivity contribution >= 4 is 33.2 Å². The van der Waals surface area contributed by atoms with E-state index < -0.39 is 10.0 Å². The summed E-state index contributed by atoms with van der Waals surface area (Å²) in [4.78, 5) is 26.2. The van der Waals surface area contributed by atoms with Crippen molar-refractivity contribution < 1.29 is 18.0 Å². The summed E-state index contributed by atoms with van der Waals surface area (Å²) in [5.74, 6) is -0.113. The number of sulfonamides is 1. The van der Waals surface area contributed by atoms with Gasteiger partial charge in [-0.3, -0.25) is 9.59 Å². The lowest BCUT2D eigenvalue weighted by molar-refractivity contribution is -0.117. The lowest BCUT2D eigenvalue weighted by atomic mass is 10.1. The molecule has 1 heterocycles. The minimum absolute atomic E-state index is 0.125. The minimum atomic E-state index is -3.59. The molecule has 1 saturated heterocycles. The van der Waals surface area contributed by atoms with E-state index >= 15 is 0 Å². The highest BCUT2D eigenvalue weighted by Gasteiger charge is 2.22. The second kappa shape index (κ2) is 9.40. The highest BCUT2D eigenvalue weighted by atomic mass is 32.2. The first-order chi connectivity index (χ1) is 14.3. The maximum atomic E-state index is 12.7. The normalized spacial score (nSPS) is 14.4. The number of rotatable bonds is 8. The summed E-state index contributed by atoms with van der Waals surface area (Å²) < 4.78 is 26.7.